The highest BCUT2D eigenvalue weighted by molar-refractivity contribution is 5.80. The van der Waals surface area contributed by atoms with Crippen molar-refractivity contribution in [2.24, 2.45) is 34.0 Å². The summed E-state index contributed by atoms with van der Waals surface area (Å²) in [5.74, 6) is 2.64. The maximum atomic E-state index is 12.2. The van der Waals surface area contributed by atoms with E-state index >= 15 is 0 Å². The van der Waals surface area contributed by atoms with E-state index in [9.17, 15) is 9.59 Å². The molecule has 3 heteroatoms. The summed E-state index contributed by atoms with van der Waals surface area (Å²) in [5.41, 5.74) is 0.674. The van der Waals surface area contributed by atoms with E-state index in [-0.39, 0.29) is 22.9 Å². The number of hydrogen-bond donors (Lipinski definition) is 0. The molecule has 3 nitrogen and oxygen atoms in total. The predicted octanol–water partition coefficient (Wildman–Crippen LogP) is 5.31. The smallest absolute Gasteiger partial charge is 0.305 e. The Morgan fingerprint density at radius 3 is 2.54 bits per heavy atom. The molecule has 0 aromatic carbocycles. The molecular formula is C23H36O3. The van der Waals surface area contributed by atoms with Crippen molar-refractivity contribution >= 4 is 11.8 Å². The van der Waals surface area contributed by atoms with Crippen LogP contribution in [-0.4, -0.2) is 17.9 Å². The highest BCUT2D eigenvalue weighted by atomic mass is 16.5. The van der Waals surface area contributed by atoms with Gasteiger partial charge in [0.2, 0.25) is 0 Å². The molecule has 0 N–H and O–H groups in total. The lowest BCUT2D eigenvalue weighted by Crippen LogP contribution is -2.58. The zero-order valence-electron chi connectivity index (χ0n) is 17.1. The molecule has 0 spiro atoms. The molecule has 0 radical (unpaired) electrons. The summed E-state index contributed by atoms with van der Waals surface area (Å²) in [6.45, 7) is 9.19. The fraction of sp³-hybridized carbons (Fsp3) is 0.913. The van der Waals surface area contributed by atoms with Crippen molar-refractivity contribution in [1.82, 2.24) is 0 Å². The lowest BCUT2D eigenvalue weighted by atomic mass is 9.40. The summed E-state index contributed by atoms with van der Waals surface area (Å²) in [5, 5.41) is 0. The number of esters is 1. The normalized spacial score (nSPS) is 50.5. The van der Waals surface area contributed by atoms with Gasteiger partial charge in [0.1, 0.15) is 11.9 Å². The van der Waals surface area contributed by atoms with Crippen LogP contribution in [0.3, 0.4) is 0 Å². The Labute approximate surface area is 158 Å². The summed E-state index contributed by atoms with van der Waals surface area (Å²) in [6.07, 6.45) is 10.4. The zero-order valence-corrected chi connectivity index (χ0v) is 17.1. The molecule has 0 aromatic rings. The van der Waals surface area contributed by atoms with Crippen LogP contribution in [0.4, 0.5) is 0 Å². The maximum absolute atomic E-state index is 12.2. The Kier molecular flexibility index (Phi) is 4.32. The quantitative estimate of drug-likeness (QED) is 0.627. The average Bonchev–Trinajstić information content (AvgIpc) is 2.92. The Morgan fingerprint density at radius 2 is 1.81 bits per heavy atom. The molecule has 0 bridgehead atoms. The van der Waals surface area contributed by atoms with Gasteiger partial charge >= 0.3 is 5.97 Å². The van der Waals surface area contributed by atoms with Crippen molar-refractivity contribution in [3.05, 3.63) is 0 Å². The van der Waals surface area contributed by atoms with E-state index in [2.05, 4.69) is 20.8 Å². The molecule has 0 heterocycles. The summed E-state index contributed by atoms with van der Waals surface area (Å²) in [7, 11) is 0. The number of ketones is 1. The number of carbonyl (C=O) groups is 2. The van der Waals surface area contributed by atoms with Gasteiger partial charge < -0.3 is 4.74 Å². The van der Waals surface area contributed by atoms with Gasteiger partial charge in [-0.15, -0.1) is 0 Å². The van der Waals surface area contributed by atoms with Gasteiger partial charge in [0.25, 0.3) is 0 Å². The number of Topliss-reactive ketones (excluding diaryl/α,β-unsaturated/α-hetero) is 1. The Balaban J connectivity index is 1.59. The van der Waals surface area contributed by atoms with Crippen LogP contribution >= 0.6 is 0 Å². The second kappa shape index (κ2) is 6.07. The van der Waals surface area contributed by atoms with Crippen LogP contribution in [-0.2, 0) is 14.3 Å². The molecule has 0 saturated heterocycles. The minimum Gasteiger partial charge on any atom is -0.462 e. The van der Waals surface area contributed by atoms with Crippen LogP contribution in [0.15, 0.2) is 0 Å². The fourth-order valence-electron chi connectivity index (χ4n) is 7.79. The highest BCUT2D eigenvalue weighted by Crippen LogP contribution is 2.69. The first kappa shape index (κ1) is 18.5. The summed E-state index contributed by atoms with van der Waals surface area (Å²) >= 11 is 0. The molecule has 7 atom stereocenters. The van der Waals surface area contributed by atoms with Crippen LogP contribution in [0.2, 0.25) is 0 Å². The topological polar surface area (TPSA) is 43.4 Å². The molecule has 4 aliphatic rings. The first-order valence-corrected chi connectivity index (χ1v) is 10.9. The number of carbonyl (C=O) groups excluding carboxylic acids is 2. The van der Waals surface area contributed by atoms with Gasteiger partial charge in [-0.2, -0.15) is 0 Å². The summed E-state index contributed by atoms with van der Waals surface area (Å²) in [6, 6.07) is 0. The number of rotatable bonds is 2. The van der Waals surface area contributed by atoms with Crippen molar-refractivity contribution in [3.63, 3.8) is 0 Å². The van der Waals surface area contributed by atoms with E-state index in [1.165, 1.54) is 32.1 Å². The molecule has 4 rings (SSSR count). The standard InChI is InChI=1S/C23H36O3/c1-5-20(25)26-19-7-6-17-16-9-11-21(2)14-15(24)8-13-23(21,4)18(16)10-12-22(17,19)3/h16-19H,5-14H2,1-4H3/t16-,17-,18-,19+,21+,22-,23+/m0/s1. The molecule has 4 fully saturated rings. The zero-order chi connectivity index (χ0) is 18.7. The van der Waals surface area contributed by atoms with E-state index < -0.39 is 0 Å². The molecule has 0 aromatic heterocycles. The second-order valence-electron chi connectivity index (χ2n) is 10.6. The van der Waals surface area contributed by atoms with Gasteiger partial charge in [-0.05, 0) is 73.5 Å². The van der Waals surface area contributed by atoms with Crippen molar-refractivity contribution in [2.45, 2.75) is 98.0 Å². The molecular weight excluding hydrogens is 324 g/mol. The fourth-order valence-corrected chi connectivity index (χ4v) is 7.79. The van der Waals surface area contributed by atoms with E-state index in [1.54, 1.807) is 0 Å². The van der Waals surface area contributed by atoms with Gasteiger partial charge in [0.05, 0.1) is 0 Å². The second-order valence-corrected chi connectivity index (χ2v) is 10.6. The van der Waals surface area contributed by atoms with Crippen molar-refractivity contribution in [2.75, 3.05) is 0 Å². The lowest BCUT2D eigenvalue weighted by molar-refractivity contribution is -0.174. The van der Waals surface area contributed by atoms with E-state index in [4.69, 9.17) is 4.74 Å². The number of ether oxygens (including phenoxy) is 1. The third kappa shape index (κ3) is 2.44. The van der Waals surface area contributed by atoms with Gasteiger partial charge in [-0.3, -0.25) is 9.59 Å². The van der Waals surface area contributed by atoms with Crippen molar-refractivity contribution < 1.29 is 14.3 Å². The molecule has 4 aliphatic carbocycles. The SMILES string of the molecule is CCC(=O)O[C@@H]1CC[C@H]2[C@@H]3CC[C@]4(C)CC(=O)CC[C@]4(C)[C@H]3CC[C@]12C. The number of hydrogen-bond acceptors (Lipinski definition) is 3. The maximum Gasteiger partial charge on any atom is 0.305 e. The number of fused-ring (bicyclic) bond motifs is 5. The monoisotopic (exact) mass is 360 g/mol. The van der Waals surface area contributed by atoms with Gasteiger partial charge in [0, 0.05) is 24.7 Å². The largest absolute Gasteiger partial charge is 0.462 e. The summed E-state index contributed by atoms with van der Waals surface area (Å²) < 4.78 is 5.89. The van der Waals surface area contributed by atoms with Crippen LogP contribution in [0.5, 0.6) is 0 Å². The van der Waals surface area contributed by atoms with E-state index in [1.807, 2.05) is 6.92 Å². The molecule has 26 heavy (non-hydrogen) atoms. The molecule has 4 saturated carbocycles. The minimum absolute atomic E-state index is 0.0343. The van der Waals surface area contributed by atoms with E-state index in [0.29, 0.717) is 23.5 Å². The highest BCUT2D eigenvalue weighted by Gasteiger charge is 2.63. The minimum atomic E-state index is -0.0343. The summed E-state index contributed by atoms with van der Waals surface area (Å²) in [4.78, 5) is 24.1. The van der Waals surface area contributed by atoms with Gasteiger partial charge in [0.15, 0.2) is 0 Å². The average molecular weight is 361 g/mol. The third-order valence-corrected chi connectivity index (χ3v) is 9.65. The first-order valence-electron chi connectivity index (χ1n) is 10.9. The Morgan fingerprint density at radius 1 is 1.04 bits per heavy atom. The van der Waals surface area contributed by atoms with E-state index in [0.717, 1.165) is 37.5 Å². The molecule has 146 valence electrons. The van der Waals surface area contributed by atoms with Crippen molar-refractivity contribution in [3.8, 4) is 0 Å². The van der Waals surface area contributed by atoms with Crippen LogP contribution in [0.25, 0.3) is 0 Å². The molecule has 0 amide bonds. The van der Waals surface area contributed by atoms with Gasteiger partial charge in [-0.25, -0.2) is 0 Å². The predicted molar refractivity (Wildman–Crippen MR) is 102 cm³/mol. The Hall–Kier alpha value is -0.860. The molecule has 0 unspecified atom stereocenters. The van der Waals surface area contributed by atoms with Gasteiger partial charge in [-0.1, -0.05) is 27.7 Å². The van der Waals surface area contributed by atoms with Crippen LogP contribution in [0, 0.1) is 34.0 Å². The first-order chi connectivity index (χ1) is 12.2. The van der Waals surface area contributed by atoms with Crippen molar-refractivity contribution in [1.29, 1.82) is 0 Å². The molecule has 0 aliphatic heterocycles. The lowest BCUT2D eigenvalue weighted by Gasteiger charge is -2.64. The Bertz CT molecular complexity index is 613. The van der Waals surface area contributed by atoms with Crippen LogP contribution in [0.1, 0.15) is 91.9 Å². The third-order valence-electron chi connectivity index (χ3n) is 9.65. The van der Waals surface area contributed by atoms with Crippen LogP contribution < -0.4 is 0 Å².